The van der Waals surface area contributed by atoms with Gasteiger partial charge in [0.2, 0.25) is 0 Å². The number of rotatable bonds is 4. The topological polar surface area (TPSA) is 61.8 Å². The second-order valence-corrected chi connectivity index (χ2v) is 3.76. The van der Waals surface area contributed by atoms with Crippen LogP contribution in [0.4, 0.5) is 0 Å². The van der Waals surface area contributed by atoms with E-state index in [-0.39, 0.29) is 6.61 Å². The fourth-order valence-corrected chi connectivity index (χ4v) is 1.33. The van der Waals surface area contributed by atoms with Gasteiger partial charge >= 0.3 is 11.9 Å². The predicted octanol–water partition coefficient (Wildman–Crippen LogP) is 0.828. The Labute approximate surface area is 94.4 Å². The van der Waals surface area contributed by atoms with Gasteiger partial charge in [-0.15, -0.1) is 0 Å². The number of ether oxygens (including phenoxy) is 3. The average molecular weight is 228 g/mol. The number of hydrogen-bond donors (Lipinski definition) is 0. The molecule has 1 heterocycles. The molecular weight excluding hydrogens is 212 g/mol. The van der Waals surface area contributed by atoms with E-state index in [4.69, 9.17) is 9.47 Å². The van der Waals surface area contributed by atoms with Gasteiger partial charge in [0.15, 0.2) is 0 Å². The molecule has 1 aliphatic heterocycles. The van der Waals surface area contributed by atoms with Crippen molar-refractivity contribution in [3.63, 3.8) is 0 Å². The molecule has 1 saturated heterocycles. The fraction of sp³-hybridized carbons (Fsp3) is 0.636. The standard InChI is InChI=1S/C11H16O5/c1-3-15-9(12)4-5-10(13)16-11(2)6-7-14-8-11/h4-5H,3,6-8H2,1-2H3/b5-4+. The first-order chi connectivity index (χ1) is 7.56. The molecule has 1 fully saturated rings. The molecule has 5 nitrogen and oxygen atoms in total. The second-order valence-electron chi connectivity index (χ2n) is 3.76. The number of esters is 2. The minimum Gasteiger partial charge on any atom is -0.463 e. The predicted molar refractivity (Wildman–Crippen MR) is 55.7 cm³/mol. The Morgan fingerprint density at radius 1 is 1.38 bits per heavy atom. The Balaban J connectivity index is 2.38. The van der Waals surface area contributed by atoms with Crippen LogP contribution in [0.15, 0.2) is 12.2 Å². The van der Waals surface area contributed by atoms with Gasteiger partial charge in [-0.2, -0.15) is 0 Å². The number of hydrogen-bond acceptors (Lipinski definition) is 5. The van der Waals surface area contributed by atoms with Gasteiger partial charge in [0, 0.05) is 18.6 Å². The minimum absolute atomic E-state index is 0.282. The number of carbonyl (C=O) groups excluding carboxylic acids is 2. The molecule has 1 rings (SSSR count). The van der Waals surface area contributed by atoms with Crippen LogP contribution >= 0.6 is 0 Å². The van der Waals surface area contributed by atoms with E-state index in [0.29, 0.717) is 19.6 Å². The maximum Gasteiger partial charge on any atom is 0.331 e. The highest BCUT2D eigenvalue weighted by Gasteiger charge is 2.33. The van der Waals surface area contributed by atoms with E-state index in [1.54, 1.807) is 13.8 Å². The molecule has 0 radical (unpaired) electrons. The summed E-state index contributed by atoms with van der Waals surface area (Å²) in [5.41, 5.74) is -0.573. The summed E-state index contributed by atoms with van der Waals surface area (Å²) in [5.74, 6) is -1.10. The van der Waals surface area contributed by atoms with E-state index >= 15 is 0 Å². The highest BCUT2D eigenvalue weighted by molar-refractivity contribution is 5.91. The van der Waals surface area contributed by atoms with E-state index in [9.17, 15) is 9.59 Å². The van der Waals surface area contributed by atoms with Crippen molar-refractivity contribution in [1.82, 2.24) is 0 Å². The summed E-state index contributed by atoms with van der Waals surface area (Å²) < 4.78 is 14.9. The van der Waals surface area contributed by atoms with Crippen LogP contribution in [0.25, 0.3) is 0 Å². The van der Waals surface area contributed by atoms with Crippen LogP contribution in [0.1, 0.15) is 20.3 Å². The maximum absolute atomic E-state index is 11.3. The van der Waals surface area contributed by atoms with Gasteiger partial charge in [-0.3, -0.25) is 0 Å². The van der Waals surface area contributed by atoms with Gasteiger partial charge in [0.25, 0.3) is 0 Å². The third kappa shape index (κ3) is 4.02. The Kier molecular flexibility index (Phi) is 4.49. The average Bonchev–Trinajstić information content (AvgIpc) is 2.62. The Hall–Kier alpha value is -1.36. The van der Waals surface area contributed by atoms with Gasteiger partial charge in [0.05, 0.1) is 19.8 Å². The maximum atomic E-state index is 11.3. The molecule has 0 aliphatic carbocycles. The molecule has 0 saturated carbocycles. The summed E-state index contributed by atoms with van der Waals surface area (Å²) in [5, 5.41) is 0. The van der Waals surface area contributed by atoms with Crippen LogP contribution < -0.4 is 0 Å². The molecule has 0 aromatic carbocycles. The lowest BCUT2D eigenvalue weighted by atomic mass is 10.1. The largest absolute Gasteiger partial charge is 0.463 e. The molecule has 0 aromatic heterocycles. The Morgan fingerprint density at radius 2 is 2.06 bits per heavy atom. The van der Waals surface area contributed by atoms with E-state index in [2.05, 4.69) is 4.74 Å². The van der Waals surface area contributed by atoms with Crippen molar-refractivity contribution in [2.75, 3.05) is 19.8 Å². The lowest BCUT2D eigenvalue weighted by Crippen LogP contribution is -2.31. The number of carbonyl (C=O) groups is 2. The van der Waals surface area contributed by atoms with Gasteiger partial charge in [-0.1, -0.05) is 0 Å². The minimum atomic E-state index is -0.573. The van der Waals surface area contributed by atoms with Crippen molar-refractivity contribution in [3.05, 3.63) is 12.2 Å². The van der Waals surface area contributed by atoms with Crippen molar-refractivity contribution in [2.45, 2.75) is 25.9 Å². The third-order valence-corrected chi connectivity index (χ3v) is 2.17. The highest BCUT2D eigenvalue weighted by atomic mass is 16.6. The molecular formula is C11H16O5. The Morgan fingerprint density at radius 3 is 2.62 bits per heavy atom. The Bertz CT molecular complexity index is 289. The fourth-order valence-electron chi connectivity index (χ4n) is 1.33. The molecule has 0 aromatic rings. The smallest absolute Gasteiger partial charge is 0.331 e. The van der Waals surface area contributed by atoms with Crippen molar-refractivity contribution < 1.29 is 23.8 Å². The molecule has 16 heavy (non-hydrogen) atoms. The van der Waals surface area contributed by atoms with E-state index in [1.165, 1.54) is 0 Å². The van der Waals surface area contributed by atoms with Crippen LogP contribution in [-0.4, -0.2) is 37.4 Å². The zero-order chi connectivity index (χ0) is 12.0. The monoisotopic (exact) mass is 228 g/mol. The van der Waals surface area contributed by atoms with Crippen LogP contribution in [0.5, 0.6) is 0 Å². The molecule has 90 valence electrons. The summed E-state index contributed by atoms with van der Waals surface area (Å²) >= 11 is 0. The third-order valence-electron chi connectivity index (χ3n) is 2.17. The molecule has 5 heteroatoms. The van der Waals surface area contributed by atoms with Crippen molar-refractivity contribution in [3.8, 4) is 0 Å². The molecule has 0 amide bonds. The zero-order valence-corrected chi connectivity index (χ0v) is 9.52. The van der Waals surface area contributed by atoms with Crippen LogP contribution in [-0.2, 0) is 23.8 Å². The van der Waals surface area contributed by atoms with Gasteiger partial charge < -0.3 is 14.2 Å². The van der Waals surface area contributed by atoms with Crippen molar-refractivity contribution >= 4 is 11.9 Å². The SMILES string of the molecule is CCOC(=O)/C=C/C(=O)OC1(C)CCOC1. The summed E-state index contributed by atoms with van der Waals surface area (Å²) in [4.78, 5) is 22.3. The summed E-state index contributed by atoms with van der Waals surface area (Å²) in [7, 11) is 0. The normalized spacial score (nSPS) is 24.6. The summed E-state index contributed by atoms with van der Waals surface area (Å²) in [6.07, 6.45) is 2.80. The zero-order valence-electron chi connectivity index (χ0n) is 9.52. The van der Waals surface area contributed by atoms with Crippen molar-refractivity contribution in [2.24, 2.45) is 0 Å². The second kappa shape index (κ2) is 5.65. The highest BCUT2D eigenvalue weighted by Crippen LogP contribution is 2.22. The van der Waals surface area contributed by atoms with Crippen LogP contribution in [0, 0.1) is 0 Å². The van der Waals surface area contributed by atoms with E-state index < -0.39 is 17.5 Å². The van der Waals surface area contributed by atoms with Crippen molar-refractivity contribution in [1.29, 1.82) is 0 Å². The van der Waals surface area contributed by atoms with E-state index in [0.717, 1.165) is 12.2 Å². The first-order valence-electron chi connectivity index (χ1n) is 5.21. The van der Waals surface area contributed by atoms with Crippen LogP contribution in [0.3, 0.4) is 0 Å². The van der Waals surface area contributed by atoms with Crippen LogP contribution in [0.2, 0.25) is 0 Å². The first-order valence-corrected chi connectivity index (χ1v) is 5.21. The lowest BCUT2D eigenvalue weighted by molar-refractivity contribution is -0.152. The molecule has 1 aliphatic rings. The molecule has 1 atom stereocenters. The van der Waals surface area contributed by atoms with Gasteiger partial charge in [0.1, 0.15) is 5.60 Å². The molecule has 1 unspecified atom stereocenters. The molecule has 0 N–H and O–H groups in total. The summed E-state index contributed by atoms with van der Waals surface area (Å²) in [6, 6.07) is 0. The van der Waals surface area contributed by atoms with E-state index in [1.807, 2.05) is 0 Å². The quantitative estimate of drug-likeness (QED) is 0.526. The summed E-state index contributed by atoms with van der Waals surface area (Å²) in [6.45, 7) is 4.76. The lowest BCUT2D eigenvalue weighted by Gasteiger charge is -2.21. The first kappa shape index (κ1) is 12.7. The van der Waals surface area contributed by atoms with Gasteiger partial charge in [-0.25, -0.2) is 9.59 Å². The molecule has 0 bridgehead atoms. The molecule has 0 spiro atoms. The van der Waals surface area contributed by atoms with Gasteiger partial charge in [-0.05, 0) is 13.8 Å².